The highest BCUT2D eigenvalue weighted by molar-refractivity contribution is 5.78. The summed E-state index contributed by atoms with van der Waals surface area (Å²) in [4.78, 5) is 12.6. The molecular weight excluding hydrogens is 164 g/mol. The molecule has 0 aromatic rings. The van der Waals surface area contributed by atoms with Gasteiger partial charge < -0.3 is 0 Å². The zero-order chi connectivity index (χ0) is 9.90. The van der Waals surface area contributed by atoms with Crippen molar-refractivity contribution in [1.82, 2.24) is 10.2 Å². The first-order valence-corrected chi connectivity index (χ1v) is 4.35. The van der Waals surface area contributed by atoms with E-state index in [4.69, 9.17) is 0 Å². The molecule has 1 aliphatic rings. The molecular formula is C10H16N2O. The van der Waals surface area contributed by atoms with Crippen LogP contribution in [0.4, 0.5) is 0 Å². The smallest absolute Gasteiger partial charge is 0.149 e. The summed E-state index contributed by atoms with van der Waals surface area (Å²) in [5.41, 5.74) is 0.625. The van der Waals surface area contributed by atoms with Gasteiger partial charge in [0.25, 0.3) is 0 Å². The Morgan fingerprint density at radius 1 is 1.62 bits per heavy atom. The van der Waals surface area contributed by atoms with E-state index < -0.39 is 0 Å². The normalized spacial score (nSPS) is 27.5. The maximum absolute atomic E-state index is 10.5. The third-order valence-electron chi connectivity index (χ3n) is 2.57. The molecule has 0 bridgehead atoms. The van der Waals surface area contributed by atoms with Gasteiger partial charge in [0, 0.05) is 12.0 Å². The zero-order valence-corrected chi connectivity index (χ0v) is 8.37. The van der Waals surface area contributed by atoms with Crippen LogP contribution in [-0.2, 0) is 4.79 Å². The van der Waals surface area contributed by atoms with Crippen LogP contribution in [0.25, 0.3) is 0 Å². The molecule has 0 spiro atoms. The van der Waals surface area contributed by atoms with E-state index in [0.29, 0.717) is 0 Å². The Kier molecular flexibility index (Phi) is 3.01. The first-order valence-electron chi connectivity index (χ1n) is 4.35. The van der Waals surface area contributed by atoms with Crippen LogP contribution in [-0.4, -0.2) is 38.0 Å². The minimum absolute atomic E-state index is 0.132. The average Bonchev–Trinajstić information content (AvgIpc) is 2.17. The van der Waals surface area contributed by atoms with Gasteiger partial charge in [-0.15, -0.1) is 0 Å². The second-order valence-electron chi connectivity index (χ2n) is 3.43. The number of hydrogen-bond acceptors (Lipinski definition) is 3. The van der Waals surface area contributed by atoms with Crippen molar-refractivity contribution in [3.05, 3.63) is 23.8 Å². The quantitative estimate of drug-likeness (QED) is 0.508. The van der Waals surface area contributed by atoms with E-state index in [2.05, 4.69) is 10.2 Å². The zero-order valence-electron chi connectivity index (χ0n) is 8.37. The third kappa shape index (κ3) is 1.87. The molecule has 1 rings (SSSR count). The molecule has 0 radical (unpaired) electrons. The number of nitrogens with zero attached hydrogens (tertiary/aromatic N) is 1. The van der Waals surface area contributed by atoms with E-state index in [0.717, 1.165) is 18.3 Å². The van der Waals surface area contributed by atoms with Crippen molar-refractivity contribution in [2.75, 3.05) is 21.1 Å². The summed E-state index contributed by atoms with van der Waals surface area (Å²) in [5, 5.41) is 3.24. The maximum Gasteiger partial charge on any atom is 0.149 e. The molecule has 0 aromatic carbocycles. The number of carbonyl (C=O) groups excluding carboxylic acids is 1. The van der Waals surface area contributed by atoms with Crippen molar-refractivity contribution in [1.29, 1.82) is 0 Å². The number of nitrogens with one attached hydrogen (secondary N) is 1. The second kappa shape index (κ2) is 3.85. The maximum atomic E-state index is 10.5. The third-order valence-corrected chi connectivity index (χ3v) is 2.57. The van der Waals surface area contributed by atoms with Gasteiger partial charge in [0.15, 0.2) is 0 Å². The molecule has 72 valence electrons. The predicted molar refractivity (Wildman–Crippen MR) is 53.4 cm³/mol. The highest BCUT2D eigenvalue weighted by Crippen LogP contribution is 2.21. The van der Waals surface area contributed by atoms with Gasteiger partial charge in [0.05, 0.1) is 5.66 Å². The van der Waals surface area contributed by atoms with E-state index in [1.165, 1.54) is 0 Å². The molecule has 0 fully saturated rings. The molecule has 3 nitrogen and oxygen atoms in total. The molecule has 0 amide bonds. The molecule has 0 heterocycles. The van der Waals surface area contributed by atoms with Crippen molar-refractivity contribution in [3.8, 4) is 0 Å². The highest BCUT2D eigenvalue weighted by Gasteiger charge is 2.28. The minimum atomic E-state index is -0.132. The number of rotatable bonds is 3. The summed E-state index contributed by atoms with van der Waals surface area (Å²) in [6.07, 6.45) is 7.53. The summed E-state index contributed by atoms with van der Waals surface area (Å²) in [6, 6.07) is 0. The van der Waals surface area contributed by atoms with E-state index in [-0.39, 0.29) is 5.66 Å². The molecule has 3 heteroatoms. The standard InChI is InChI=1S/C10H16N2O/c1-11-10(12(2)3)6-4-9(8-13)5-7-10/h4-6,8,11H,7H2,1-3H3. The van der Waals surface area contributed by atoms with Gasteiger partial charge in [-0.25, -0.2) is 0 Å². The Morgan fingerprint density at radius 3 is 2.62 bits per heavy atom. The van der Waals surface area contributed by atoms with Gasteiger partial charge in [0.1, 0.15) is 6.29 Å². The van der Waals surface area contributed by atoms with Gasteiger partial charge >= 0.3 is 0 Å². The largest absolute Gasteiger partial charge is 0.299 e. The fraction of sp³-hybridized carbons (Fsp3) is 0.500. The lowest BCUT2D eigenvalue weighted by Gasteiger charge is -2.38. The lowest BCUT2D eigenvalue weighted by Crippen LogP contribution is -2.53. The average molecular weight is 180 g/mol. The van der Waals surface area contributed by atoms with Gasteiger partial charge in [-0.2, -0.15) is 0 Å². The molecule has 0 aliphatic heterocycles. The Bertz CT molecular complexity index is 256. The molecule has 0 aromatic heterocycles. The molecule has 0 saturated heterocycles. The highest BCUT2D eigenvalue weighted by atomic mass is 16.1. The fourth-order valence-corrected chi connectivity index (χ4v) is 1.47. The van der Waals surface area contributed by atoms with E-state index in [1.54, 1.807) is 0 Å². The van der Waals surface area contributed by atoms with Crippen molar-refractivity contribution in [2.24, 2.45) is 0 Å². The first-order chi connectivity index (χ1) is 6.14. The Morgan fingerprint density at radius 2 is 2.31 bits per heavy atom. The van der Waals surface area contributed by atoms with Crippen molar-refractivity contribution < 1.29 is 4.79 Å². The number of aldehydes is 1. The summed E-state index contributed by atoms with van der Waals surface area (Å²) in [6.45, 7) is 0. The van der Waals surface area contributed by atoms with Crippen LogP contribution >= 0.6 is 0 Å². The molecule has 1 N–H and O–H groups in total. The topological polar surface area (TPSA) is 32.3 Å². The first kappa shape index (κ1) is 10.2. The molecule has 1 aliphatic carbocycles. The SMILES string of the molecule is CNC1(N(C)C)C=CC(C=O)=CC1. The molecule has 1 atom stereocenters. The van der Waals surface area contributed by atoms with Crippen LogP contribution in [0.5, 0.6) is 0 Å². The number of likely N-dealkylation sites (N-methyl/N-ethyl adjacent to an activating group) is 2. The Hall–Kier alpha value is -0.930. The van der Waals surface area contributed by atoms with E-state index in [1.807, 2.05) is 39.4 Å². The molecule has 0 saturated carbocycles. The van der Waals surface area contributed by atoms with Crippen molar-refractivity contribution in [3.63, 3.8) is 0 Å². The van der Waals surface area contributed by atoms with Crippen LogP contribution in [0.15, 0.2) is 23.8 Å². The fourth-order valence-electron chi connectivity index (χ4n) is 1.47. The van der Waals surface area contributed by atoms with Gasteiger partial charge in [-0.1, -0.05) is 12.2 Å². The van der Waals surface area contributed by atoms with Crippen LogP contribution in [0.1, 0.15) is 6.42 Å². The molecule has 1 unspecified atom stereocenters. The van der Waals surface area contributed by atoms with Crippen molar-refractivity contribution in [2.45, 2.75) is 12.1 Å². The van der Waals surface area contributed by atoms with Gasteiger partial charge in [-0.3, -0.25) is 15.0 Å². The van der Waals surface area contributed by atoms with Gasteiger partial charge in [-0.05, 0) is 27.2 Å². The summed E-state index contributed by atoms with van der Waals surface area (Å²) < 4.78 is 0. The Labute approximate surface area is 79.1 Å². The van der Waals surface area contributed by atoms with Crippen LogP contribution < -0.4 is 5.32 Å². The number of hydrogen-bond donors (Lipinski definition) is 1. The monoisotopic (exact) mass is 180 g/mol. The van der Waals surface area contributed by atoms with E-state index >= 15 is 0 Å². The predicted octanol–water partition coefficient (Wildman–Crippen LogP) is 0.549. The minimum Gasteiger partial charge on any atom is -0.299 e. The number of carbonyl (C=O) groups is 1. The summed E-state index contributed by atoms with van der Waals surface area (Å²) in [7, 11) is 5.95. The molecule has 13 heavy (non-hydrogen) atoms. The van der Waals surface area contributed by atoms with Crippen LogP contribution in [0.3, 0.4) is 0 Å². The van der Waals surface area contributed by atoms with Crippen molar-refractivity contribution >= 4 is 6.29 Å². The Balaban J connectivity index is 2.82. The summed E-state index contributed by atoms with van der Waals surface area (Å²) in [5.74, 6) is 0. The van der Waals surface area contributed by atoms with Gasteiger partial charge in [0.2, 0.25) is 0 Å². The number of allylic oxidation sites excluding steroid dienone is 2. The summed E-state index contributed by atoms with van der Waals surface area (Å²) >= 11 is 0. The van der Waals surface area contributed by atoms with Crippen LogP contribution in [0.2, 0.25) is 0 Å². The lowest BCUT2D eigenvalue weighted by molar-refractivity contribution is -0.104. The van der Waals surface area contributed by atoms with Crippen LogP contribution in [0, 0.1) is 0 Å². The van der Waals surface area contributed by atoms with E-state index in [9.17, 15) is 4.79 Å². The lowest BCUT2D eigenvalue weighted by atomic mass is 9.96. The second-order valence-corrected chi connectivity index (χ2v) is 3.43.